The molecule has 2 aromatic rings. The monoisotopic (exact) mass is 310 g/mol. The van der Waals surface area contributed by atoms with Crippen molar-refractivity contribution in [2.45, 2.75) is 19.4 Å². The number of anilines is 1. The van der Waals surface area contributed by atoms with Crippen molar-refractivity contribution in [3.63, 3.8) is 0 Å². The fraction of sp³-hybridized carbons (Fsp3) is 0.250. The van der Waals surface area contributed by atoms with Gasteiger partial charge in [0.2, 0.25) is 0 Å². The molecule has 0 amide bonds. The molecule has 2 rings (SSSR count). The van der Waals surface area contributed by atoms with Crippen LogP contribution in [0.15, 0.2) is 36.4 Å². The first-order valence-electron chi connectivity index (χ1n) is 6.67. The molecule has 0 saturated carbocycles. The van der Waals surface area contributed by atoms with Crippen molar-refractivity contribution in [3.05, 3.63) is 64.2 Å². The van der Waals surface area contributed by atoms with Gasteiger partial charge in [0.15, 0.2) is 0 Å². The van der Waals surface area contributed by atoms with Gasteiger partial charge in [0, 0.05) is 29.9 Å². The van der Waals surface area contributed by atoms with Crippen LogP contribution in [-0.2, 0) is 6.54 Å². The molecule has 0 aromatic heterocycles. The van der Waals surface area contributed by atoms with Crippen molar-refractivity contribution in [1.29, 1.82) is 0 Å². The zero-order chi connectivity index (χ0) is 15.4. The largest absolute Gasteiger partial charge is 0.398 e. The van der Waals surface area contributed by atoms with Crippen LogP contribution in [0.1, 0.15) is 24.0 Å². The van der Waals surface area contributed by atoms with Crippen molar-refractivity contribution in [3.8, 4) is 0 Å². The summed E-state index contributed by atoms with van der Waals surface area (Å²) in [7, 11) is 0. The van der Waals surface area contributed by atoms with Crippen LogP contribution in [0.3, 0.4) is 0 Å². The van der Waals surface area contributed by atoms with Crippen LogP contribution >= 0.6 is 11.6 Å². The molecule has 0 fully saturated rings. The topological polar surface area (TPSA) is 38.0 Å². The second-order valence-corrected chi connectivity index (χ2v) is 5.46. The highest BCUT2D eigenvalue weighted by atomic mass is 35.5. The van der Waals surface area contributed by atoms with Crippen LogP contribution in [0.4, 0.5) is 14.5 Å². The van der Waals surface area contributed by atoms with E-state index in [1.807, 2.05) is 6.92 Å². The van der Waals surface area contributed by atoms with Crippen molar-refractivity contribution >= 4 is 17.3 Å². The van der Waals surface area contributed by atoms with Gasteiger partial charge in [0.1, 0.15) is 11.6 Å². The van der Waals surface area contributed by atoms with Crippen LogP contribution in [0.5, 0.6) is 0 Å². The molecule has 0 saturated heterocycles. The number of halogens is 3. The Hall–Kier alpha value is -1.65. The third-order valence-corrected chi connectivity index (χ3v) is 3.61. The van der Waals surface area contributed by atoms with Gasteiger partial charge in [-0.3, -0.25) is 0 Å². The summed E-state index contributed by atoms with van der Waals surface area (Å²) >= 11 is 6.15. The molecule has 0 aliphatic carbocycles. The summed E-state index contributed by atoms with van der Waals surface area (Å²) in [5, 5.41) is 3.79. The van der Waals surface area contributed by atoms with Gasteiger partial charge in [-0.2, -0.15) is 0 Å². The maximum absolute atomic E-state index is 13.1. The molecule has 112 valence electrons. The van der Waals surface area contributed by atoms with Crippen molar-refractivity contribution < 1.29 is 8.78 Å². The summed E-state index contributed by atoms with van der Waals surface area (Å²) in [5.41, 5.74) is 8.03. The number of benzene rings is 2. The normalized spacial score (nSPS) is 12.4. The van der Waals surface area contributed by atoms with Gasteiger partial charge in [0.05, 0.1) is 0 Å². The fourth-order valence-corrected chi connectivity index (χ4v) is 2.69. The lowest BCUT2D eigenvalue weighted by Gasteiger charge is -2.17. The van der Waals surface area contributed by atoms with E-state index >= 15 is 0 Å². The fourth-order valence-electron chi connectivity index (χ4n) is 2.32. The van der Waals surface area contributed by atoms with Gasteiger partial charge in [-0.15, -0.1) is 0 Å². The Labute approximate surface area is 127 Å². The second kappa shape index (κ2) is 6.87. The van der Waals surface area contributed by atoms with E-state index in [0.29, 0.717) is 29.4 Å². The number of hydrogen-bond donors (Lipinski definition) is 2. The minimum absolute atomic E-state index is 0.0945. The number of rotatable bonds is 5. The summed E-state index contributed by atoms with van der Waals surface area (Å²) < 4.78 is 26.2. The first-order chi connectivity index (χ1) is 9.97. The van der Waals surface area contributed by atoms with Crippen molar-refractivity contribution in [2.75, 3.05) is 12.3 Å². The molecule has 0 bridgehead atoms. The Balaban J connectivity index is 1.97. The van der Waals surface area contributed by atoms with E-state index < -0.39 is 11.6 Å². The predicted molar refractivity (Wildman–Crippen MR) is 82.3 cm³/mol. The van der Waals surface area contributed by atoms with Gasteiger partial charge in [-0.25, -0.2) is 8.78 Å². The zero-order valence-corrected chi connectivity index (χ0v) is 12.4. The zero-order valence-electron chi connectivity index (χ0n) is 11.7. The molecule has 1 unspecified atom stereocenters. The molecule has 0 heterocycles. The van der Waals surface area contributed by atoms with Gasteiger partial charge >= 0.3 is 0 Å². The lowest BCUT2D eigenvalue weighted by molar-refractivity contribution is 0.570. The summed E-state index contributed by atoms with van der Waals surface area (Å²) in [5.74, 6) is -1.05. The Bertz CT molecular complexity index is 591. The minimum Gasteiger partial charge on any atom is -0.398 e. The second-order valence-electron chi connectivity index (χ2n) is 5.05. The maximum atomic E-state index is 13.1. The molecule has 0 spiro atoms. The van der Waals surface area contributed by atoms with Gasteiger partial charge < -0.3 is 11.1 Å². The molecule has 2 nitrogen and oxygen atoms in total. The van der Waals surface area contributed by atoms with Crippen molar-refractivity contribution in [2.24, 2.45) is 0 Å². The molecule has 0 aliphatic rings. The van der Waals surface area contributed by atoms with Crippen LogP contribution < -0.4 is 11.1 Å². The summed E-state index contributed by atoms with van der Waals surface area (Å²) in [6.07, 6.45) is 0. The van der Waals surface area contributed by atoms with Gasteiger partial charge in [-0.1, -0.05) is 24.6 Å². The standard InChI is InChI=1S/C16H17ClF2N2/c1-10(16-14(17)3-2-4-15(16)20)8-21-9-11-5-12(18)7-13(19)6-11/h2-7,10,21H,8-9,20H2,1H3. The Morgan fingerprint density at radius 1 is 1.19 bits per heavy atom. The van der Waals surface area contributed by atoms with Crippen molar-refractivity contribution in [1.82, 2.24) is 5.32 Å². The number of nitrogen functional groups attached to an aromatic ring is 1. The number of nitrogens with one attached hydrogen (secondary N) is 1. The maximum Gasteiger partial charge on any atom is 0.126 e. The molecule has 0 radical (unpaired) electrons. The van der Waals surface area contributed by atoms with Crippen LogP contribution in [0.25, 0.3) is 0 Å². The molecule has 0 aliphatic heterocycles. The lowest BCUT2D eigenvalue weighted by Crippen LogP contribution is -2.20. The molecule has 1 atom stereocenters. The molecule has 2 aromatic carbocycles. The first kappa shape index (κ1) is 15.7. The van der Waals surface area contributed by atoms with E-state index in [2.05, 4.69) is 5.32 Å². The smallest absolute Gasteiger partial charge is 0.126 e. The molecule has 5 heteroatoms. The average Bonchev–Trinajstić information content (AvgIpc) is 2.37. The third-order valence-electron chi connectivity index (χ3n) is 3.28. The van der Waals surface area contributed by atoms with E-state index in [1.54, 1.807) is 18.2 Å². The highest BCUT2D eigenvalue weighted by Crippen LogP contribution is 2.29. The SMILES string of the molecule is CC(CNCc1cc(F)cc(F)c1)c1c(N)cccc1Cl. The third kappa shape index (κ3) is 4.16. The van der Waals surface area contributed by atoms with Gasteiger partial charge in [0.25, 0.3) is 0 Å². The van der Waals surface area contributed by atoms with E-state index in [1.165, 1.54) is 12.1 Å². The molecule has 3 N–H and O–H groups in total. The number of hydrogen-bond acceptors (Lipinski definition) is 2. The molecular formula is C16H17ClF2N2. The molecule has 21 heavy (non-hydrogen) atoms. The van der Waals surface area contributed by atoms with E-state index in [4.69, 9.17) is 17.3 Å². The quantitative estimate of drug-likeness (QED) is 0.816. The van der Waals surface area contributed by atoms with Crippen LogP contribution in [-0.4, -0.2) is 6.54 Å². The molecular weight excluding hydrogens is 294 g/mol. The van der Waals surface area contributed by atoms with Crippen LogP contribution in [0.2, 0.25) is 5.02 Å². The highest BCUT2D eigenvalue weighted by Gasteiger charge is 2.12. The van der Waals surface area contributed by atoms with E-state index in [-0.39, 0.29) is 5.92 Å². The lowest BCUT2D eigenvalue weighted by atomic mass is 9.99. The Morgan fingerprint density at radius 2 is 1.86 bits per heavy atom. The first-order valence-corrected chi connectivity index (χ1v) is 7.04. The summed E-state index contributed by atoms with van der Waals surface area (Å²) in [6.45, 7) is 2.98. The Morgan fingerprint density at radius 3 is 2.48 bits per heavy atom. The minimum atomic E-state index is -0.574. The Kier molecular flexibility index (Phi) is 5.15. The summed E-state index contributed by atoms with van der Waals surface area (Å²) in [6, 6.07) is 8.88. The number of nitrogens with two attached hydrogens (primary N) is 1. The van der Waals surface area contributed by atoms with E-state index in [0.717, 1.165) is 11.6 Å². The summed E-state index contributed by atoms with van der Waals surface area (Å²) in [4.78, 5) is 0. The average molecular weight is 311 g/mol. The van der Waals surface area contributed by atoms with Gasteiger partial charge in [-0.05, 0) is 41.3 Å². The van der Waals surface area contributed by atoms with Crippen LogP contribution in [0, 0.1) is 11.6 Å². The highest BCUT2D eigenvalue weighted by molar-refractivity contribution is 6.31. The predicted octanol–water partition coefficient (Wildman–Crippen LogP) is 4.09. The van der Waals surface area contributed by atoms with E-state index in [9.17, 15) is 8.78 Å².